The minimum Gasteiger partial charge on any atom is -0.399 e. The lowest BCUT2D eigenvalue weighted by Gasteiger charge is -2.20. The molecule has 62 valence electrons. The molecule has 0 spiro atoms. The Morgan fingerprint density at radius 3 is 3.00 bits per heavy atom. The average molecular weight is 152 g/mol. The fraction of sp³-hybridized carbons (Fsp3) is 0.556. The van der Waals surface area contributed by atoms with Crippen LogP contribution in [0.5, 0.6) is 0 Å². The molecule has 0 saturated heterocycles. The van der Waals surface area contributed by atoms with Crippen molar-refractivity contribution in [2.45, 2.75) is 19.8 Å². The lowest BCUT2D eigenvalue weighted by molar-refractivity contribution is 0.399. The number of nitrogens with two attached hydrogens (primary N) is 1. The molecule has 0 unspecified atom stereocenters. The molecule has 0 aromatic carbocycles. The largest absolute Gasteiger partial charge is 0.399 e. The van der Waals surface area contributed by atoms with E-state index in [0.717, 1.165) is 18.8 Å². The van der Waals surface area contributed by atoms with E-state index in [2.05, 4.69) is 24.1 Å². The summed E-state index contributed by atoms with van der Waals surface area (Å²) in [7, 11) is 0. The van der Waals surface area contributed by atoms with Crippen molar-refractivity contribution in [2.75, 3.05) is 13.1 Å². The van der Waals surface area contributed by atoms with E-state index in [1.54, 1.807) is 0 Å². The first-order valence-electron chi connectivity index (χ1n) is 4.21. The Bertz CT molecular complexity index is 170. The molecular weight excluding hydrogens is 136 g/mol. The summed E-state index contributed by atoms with van der Waals surface area (Å²) in [5, 5.41) is 0. The summed E-state index contributed by atoms with van der Waals surface area (Å²) in [6.07, 6.45) is 8.60. The Morgan fingerprint density at radius 1 is 1.64 bits per heavy atom. The molecule has 0 saturated carbocycles. The van der Waals surface area contributed by atoms with Gasteiger partial charge in [-0.3, -0.25) is 0 Å². The van der Waals surface area contributed by atoms with Crippen LogP contribution in [-0.4, -0.2) is 18.0 Å². The highest BCUT2D eigenvalue weighted by atomic mass is 15.1. The second-order valence-corrected chi connectivity index (χ2v) is 2.87. The quantitative estimate of drug-likeness (QED) is 0.663. The third-order valence-electron chi connectivity index (χ3n) is 1.84. The zero-order valence-electron chi connectivity index (χ0n) is 7.09. The normalized spacial score (nSPS) is 16.8. The highest BCUT2D eigenvalue weighted by Crippen LogP contribution is 2.03. The van der Waals surface area contributed by atoms with Gasteiger partial charge in [0.25, 0.3) is 0 Å². The van der Waals surface area contributed by atoms with Gasteiger partial charge in [0.05, 0.1) is 0 Å². The summed E-state index contributed by atoms with van der Waals surface area (Å²) in [6, 6.07) is 0. The molecule has 2 N–H and O–H groups in total. The monoisotopic (exact) mass is 152 g/mol. The molecule has 1 aliphatic rings. The van der Waals surface area contributed by atoms with E-state index in [4.69, 9.17) is 5.73 Å². The van der Waals surface area contributed by atoms with Gasteiger partial charge in [0, 0.05) is 25.0 Å². The van der Waals surface area contributed by atoms with Crippen molar-refractivity contribution < 1.29 is 0 Å². The van der Waals surface area contributed by atoms with Gasteiger partial charge in [0.1, 0.15) is 0 Å². The van der Waals surface area contributed by atoms with E-state index in [0.29, 0.717) is 0 Å². The van der Waals surface area contributed by atoms with Crippen LogP contribution < -0.4 is 5.73 Å². The van der Waals surface area contributed by atoms with Crippen molar-refractivity contribution >= 4 is 0 Å². The van der Waals surface area contributed by atoms with Gasteiger partial charge < -0.3 is 10.6 Å². The number of nitrogens with zero attached hydrogens (tertiary/aromatic N) is 1. The minimum absolute atomic E-state index is 0.887. The maximum atomic E-state index is 5.57. The van der Waals surface area contributed by atoms with Gasteiger partial charge in [-0.2, -0.15) is 0 Å². The first-order valence-corrected chi connectivity index (χ1v) is 4.21. The molecule has 0 bridgehead atoms. The molecule has 1 aliphatic heterocycles. The van der Waals surface area contributed by atoms with E-state index < -0.39 is 0 Å². The zero-order chi connectivity index (χ0) is 8.10. The van der Waals surface area contributed by atoms with E-state index in [-0.39, 0.29) is 0 Å². The molecule has 0 atom stereocenters. The van der Waals surface area contributed by atoms with E-state index in [1.165, 1.54) is 12.8 Å². The van der Waals surface area contributed by atoms with Gasteiger partial charge in [0.15, 0.2) is 0 Å². The van der Waals surface area contributed by atoms with Crippen LogP contribution in [0.1, 0.15) is 19.8 Å². The van der Waals surface area contributed by atoms with Crippen molar-refractivity contribution in [3.05, 3.63) is 24.0 Å². The minimum atomic E-state index is 0.887. The summed E-state index contributed by atoms with van der Waals surface area (Å²) in [4.78, 5) is 2.28. The van der Waals surface area contributed by atoms with Crippen LogP contribution in [-0.2, 0) is 0 Å². The highest BCUT2D eigenvalue weighted by Gasteiger charge is 2.00. The van der Waals surface area contributed by atoms with Crippen molar-refractivity contribution in [2.24, 2.45) is 5.73 Å². The average Bonchev–Trinajstić information content (AvgIpc) is 2.04. The lowest BCUT2D eigenvalue weighted by atomic mass is 10.2. The molecule has 2 heteroatoms. The topological polar surface area (TPSA) is 29.3 Å². The second kappa shape index (κ2) is 4.06. The Hall–Kier alpha value is -0.920. The van der Waals surface area contributed by atoms with Crippen LogP contribution in [0.2, 0.25) is 0 Å². The number of allylic oxidation sites excluding steroid dienone is 1. The summed E-state index contributed by atoms with van der Waals surface area (Å²) in [6.45, 7) is 4.33. The van der Waals surface area contributed by atoms with Crippen LogP contribution in [0.4, 0.5) is 0 Å². The zero-order valence-corrected chi connectivity index (χ0v) is 7.09. The molecule has 0 aromatic rings. The molecule has 11 heavy (non-hydrogen) atoms. The fourth-order valence-corrected chi connectivity index (χ4v) is 1.07. The van der Waals surface area contributed by atoms with Gasteiger partial charge in [-0.05, 0) is 18.6 Å². The highest BCUT2D eigenvalue weighted by molar-refractivity contribution is 5.18. The smallest absolute Gasteiger partial charge is 0.0376 e. The van der Waals surface area contributed by atoms with Gasteiger partial charge in [-0.1, -0.05) is 13.3 Å². The first kappa shape index (κ1) is 8.18. The maximum absolute atomic E-state index is 5.57. The molecule has 1 rings (SSSR count). The van der Waals surface area contributed by atoms with Crippen LogP contribution in [0.3, 0.4) is 0 Å². The van der Waals surface area contributed by atoms with Gasteiger partial charge in [0.2, 0.25) is 0 Å². The number of hydrogen-bond acceptors (Lipinski definition) is 2. The molecule has 0 aliphatic carbocycles. The summed E-state index contributed by atoms with van der Waals surface area (Å²) in [5.74, 6) is 0. The number of rotatable bonds is 3. The Balaban J connectivity index is 2.25. The van der Waals surface area contributed by atoms with Gasteiger partial charge >= 0.3 is 0 Å². The van der Waals surface area contributed by atoms with Crippen LogP contribution in [0.25, 0.3) is 0 Å². The van der Waals surface area contributed by atoms with Crippen molar-refractivity contribution in [1.82, 2.24) is 4.90 Å². The summed E-state index contributed by atoms with van der Waals surface area (Å²) < 4.78 is 0. The number of unbranched alkanes of at least 4 members (excludes halogenated alkanes) is 1. The molecule has 0 radical (unpaired) electrons. The Kier molecular flexibility index (Phi) is 3.02. The third kappa shape index (κ3) is 2.66. The van der Waals surface area contributed by atoms with Gasteiger partial charge in [-0.15, -0.1) is 0 Å². The lowest BCUT2D eigenvalue weighted by Crippen LogP contribution is -2.22. The molecule has 0 aromatic heterocycles. The summed E-state index contributed by atoms with van der Waals surface area (Å²) in [5.41, 5.74) is 6.46. The molecule has 0 amide bonds. The van der Waals surface area contributed by atoms with Crippen molar-refractivity contribution in [3.63, 3.8) is 0 Å². The number of hydrogen-bond donors (Lipinski definition) is 1. The van der Waals surface area contributed by atoms with Crippen molar-refractivity contribution in [1.29, 1.82) is 0 Å². The Labute approximate surface area is 68.4 Å². The van der Waals surface area contributed by atoms with E-state index in [9.17, 15) is 0 Å². The SMILES string of the molecule is CCCCN1C=CC(N)=CC1. The molecule has 0 fully saturated rings. The molecule has 2 nitrogen and oxygen atoms in total. The van der Waals surface area contributed by atoms with Crippen LogP contribution >= 0.6 is 0 Å². The third-order valence-corrected chi connectivity index (χ3v) is 1.84. The molecular formula is C9H16N2. The second-order valence-electron chi connectivity index (χ2n) is 2.87. The molecule has 1 heterocycles. The predicted octanol–water partition coefficient (Wildman–Crippen LogP) is 1.46. The van der Waals surface area contributed by atoms with Gasteiger partial charge in [-0.25, -0.2) is 0 Å². The fourth-order valence-electron chi connectivity index (χ4n) is 1.07. The van der Waals surface area contributed by atoms with E-state index in [1.807, 2.05) is 6.08 Å². The van der Waals surface area contributed by atoms with Crippen molar-refractivity contribution in [3.8, 4) is 0 Å². The first-order chi connectivity index (χ1) is 5.33. The standard InChI is InChI=1S/C9H16N2/c1-2-3-6-11-7-4-9(10)5-8-11/h4-5,7H,2-3,6,8,10H2,1H3. The van der Waals surface area contributed by atoms with E-state index >= 15 is 0 Å². The maximum Gasteiger partial charge on any atom is 0.0376 e. The summed E-state index contributed by atoms with van der Waals surface area (Å²) >= 11 is 0. The van der Waals surface area contributed by atoms with Crippen LogP contribution in [0.15, 0.2) is 24.0 Å². The van der Waals surface area contributed by atoms with Crippen LogP contribution in [0, 0.1) is 0 Å². The Morgan fingerprint density at radius 2 is 2.45 bits per heavy atom. The predicted molar refractivity (Wildman–Crippen MR) is 47.9 cm³/mol.